The lowest BCUT2D eigenvalue weighted by Gasteiger charge is -2.12. The highest BCUT2D eigenvalue weighted by molar-refractivity contribution is 5.98. The summed E-state index contributed by atoms with van der Waals surface area (Å²) in [7, 11) is 0. The first kappa shape index (κ1) is 13.9. The summed E-state index contributed by atoms with van der Waals surface area (Å²) in [5, 5.41) is 11.0. The molecule has 96 valence electrons. The fourth-order valence-corrected chi connectivity index (χ4v) is 1.40. The quantitative estimate of drug-likeness (QED) is 0.794. The lowest BCUT2D eigenvalue weighted by molar-refractivity contribution is -0.138. The van der Waals surface area contributed by atoms with Crippen LogP contribution in [-0.4, -0.2) is 28.8 Å². The Hall–Kier alpha value is -2.17. The van der Waals surface area contributed by atoms with E-state index < -0.39 is 12.0 Å². The summed E-state index contributed by atoms with van der Waals surface area (Å²) < 4.78 is 0. The summed E-state index contributed by atoms with van der Waals surface area (Å²) in [6, 6.07) is 7.85. The first-order valence-electron chi connectivity index (χ1n) is 5.61. The van der Waals surface area contributed by atoms with Gasteiger partial charge in [-0.05, 0) is 19.1 Å². The largest absolute Gasteiger partial charge is 0.481 e. The van der Waals surface area contributed by atoms with Gasteiger partial charge < -0.3 is 10.4 Å². The second-order valence-electron chi connectivity index (χ2n) is 3.92. The highest BCUT2D eigenvalue weighted by Crippen LogP contribution is 2.01. The Labute approximate surface area is 105 Å². The minimum atomic E-state index is -1.02. The van der Waals surface area contributed by atoms with E-state index in [1.54, 1.807) is 37.3 Å². The fourth-order valence-electron chi connectivity index (χ4n) is 1.40. The molecular formula is C13H15NO4. The molecule has 1 unspecified atom stereocenters. The number of carboxylic acid groups (broad SMARTS) is 1. The minimum absolute atomic E-state index is 0.0778. The van der Waals surface area contributed by atoms with Gasteiger partial charge in [0.2, 0.25) is 0 Å². The molecule has 0 fully saturated rings. The van der Waals surface area contributed by atoms with Gasteiger partial charge in [-0.2, -0.15) is 0 Å². The first-order chi connectivity index (χ1) is 8.50. The van der Waals surface area contributed by atoms with Gasteiger partial charge in [0.05, 0.1) is 12.5 Å². The number of ketones is 1. The molecule has 0 heterocycles. The van der Waals surface area contributed by atoms with Gasteiger partial charge in [0.1, 0.15) is 0 Å². The standard InChI is InChI=1S/C13H15NO4/c1-9(11(15)7-8-12(16)17)14-13(18)10-5-3-2-4-6-10/h2-6,9H,7-8H2,1H3,(H,14,18)(H,16,17). The molecule has 0 aliphatic carbocycles. The SMILES string of the molecule is CC(NC(=O)c1ccccc1)C(=O)CCC(=O)O. The summed E-state index contributed by atoms with van der Waals surface area (Å²) in [6.45, 7) is 1.55. The van der Waals surface area contributed by atoms with Gasteiger partial charge in [-0.25, -0.2) is 0 Å². The number of amides is 1. The van der Waals surface area contributed by atoms with Crippen LogP contribution in [0, 0.1) is 0 Å². The van der Waals surface area contributed by atoms with E-state index in [1.165, 1.54) is 0 Å². The summed E-state index contributed by atoms with van der Waals surface area (Å²) in [4.78, 5) is 33.6. The van der Waals surface area contributed by atoms with Crippen LogP contribution >= 0.6 is 0 Å². The van der Waals surface area contributed by atoms with Crippen LogP contribution in [0.2, 0.25) is 0 Å². The van der Waals surface area contributed by atoms with Crippen LogP contribution in [0.3, 0.4) is 0 Å². The van der Waals surface area contributed by atoms with Gasteiger partial charge in [-0.15, -0.1) is 0 Å². The maximum atomic E-state index is 11.7. The minimum Gasteiger partial charge on any atom is -0.481 e. The Morgan fingerprint density at radius 3 is 2.33 bits per heavy atom. The Morgan fingerprint density at radius 2 is 1.78 bits per heavy atom. The summed E-state index contributed by atoms with van der Waals surface area (Å²) in [6.07, 6.45) is -0.296. The Bertz CT molecular complexity index is 442. The molecule has 1 aromatic rings. The van der Waals surface area contributed by atoms with Crippen molar-refractivity contribution in [2.24, 2.45) is 0 Å². The second kappa shape index (κ2) is 6.54. The topological polar surface area (TPSA) is 83.5 Å². The van der Waals surface area contributed by atoms with Crippen molar-refractivity contribution in [1.82, 2.24) is 5.32 Å². The summed E-state index contributed by atoms with van der Waals surface area (Å²) >= 11 is 0. The first-order valence-corrected chi connectivity index (χ1v) is 5.61. The molecule has 0 aromatic heterocycles. The average Bonchev–Trinajstić information content (AvgIpc) is 2.36. The number of aliphatic carboxylic acids is 1. The van der Waals surface area contributed by atoms with Crippen LogP contribution in [0.25, 0.3) is 0 Å². The van der Waals surface area contributed by atoms with Gasteiger partial charge in [0.25, 0.3) is 5.91 Å². The third kappa shape index (κ3) is 4.37. The zero-order valence-electron chi connectivity index (χ0n) is 10.1. The maximum absolute atomic E-state index is 11.7. The molecule has 18 heavy (non-hydrogen) atoms. The van der Waals surface area contributed by atoms with E-state index in [0.717, 1.165) is 0 Å². The predicted octanol–water partition coefficient (Wildman–Crippen LogP) is 1.24. The summed E-state index contributed by atoms with van der Waals surface area (Å²) in [5.41, 5.74) is 0.468. The number of nitrogens with one attached hydrogen (secondary N) is 1. The summed E-state index contributed by atoms with van der Waals surface area (Å²) in [5.74, 6) is -1.65. The van der Waals surface area contributed by atoms with Crippen molar-refractivity contribution in [3.8, 4) is 0 Å². The van der Waals surface area contributed by atoms with Crippen molar-refractivity contribution in [3.05, 3.63) is 35.9 Å². The van der Waals surface area contributed by atoms with E-state index in [9.17, 15) is 14.4 Å². The third-order valence-electron chi connectivity index (χ3n) is 2.45. The molecular weight excluding hydrogens is 234 g/mol. The number of carbonyl (C=O) groups excluding carboxylic acids is 2. The molecule has 1 aromatic carbocycles. The van der Waals surface area contributed by atoms with Crippen LogP contribution in [-0.2, 0) is 9.59 Å². The molecule has 0 aliphatic heterocycles. The number of Topliss-reactive ketones (excluding diaryl/α,β-unsaturated/α-hetero) is 1. The molecule has 0 saturated heterocycles. The van der Waals surface area contributed by atoms with E-state index >= 15 is 0 Å². The van der Waals surface area contributed by atoms with Crippen molar-refractivity contribution in [2.75, 3.05) is 0 Å². The van der Waals surface area contributed by atoms with Crippen LogP contribution < -0.4 is 5.32 Å². The monoisotopic (exact) mass is 249 g/mol. The molecule has 5 heteroatoms. The van der Waals surface area contributed by atoms with Crippen molar-refractivity contribution >= 4 is 17.7 Å². The lowest BCUT2D eigenvalue weighted by atomic mass is 10.1. The second-order valence-corrected chi connectivity index (χ2v) is 3.92. The van der Waals surface area contributed by atoms with E-state index in [2.05, 4.69) is 5.32 Å². The predicted molar refractivity (Wildman–Crippen MR) is 65.2 cm³/mol. The van der Waals surface area contributed by atoms with E-state index in [1.807, 2.05) is 0 Å². The van der Waals surface area contributed by atoms with Crippen molar-refractivity contribution < 1.29 is 19.5 Å². The molecule has 1 rings (SSSR count). The highest BCUT2D eigenvalue weighted by Gasteiger charge is 2.17. The zero-order chi connectivity index (χ0) is 13.5. The van der Waals surface area contributed by atoms with Gasteiger partial charge in [0.15, 0.2) is 5.78 Å². The van der Waals surface area contributed by atoms with E-state index in [4.69, 9.17) is 5.11 Å². The normalized spacial score (nSPS) is 11.6. The van der Waals surface area contributed by atoms with Gasteiger partial charge in [-0.1, -0.05) is 18.2 Å². The molecule has 0 spiro atoms. The Morgan fingerprint density at radius 1 is 1.17 bits per heavy atom. The van der Waals surface area contributed by atoms with Crippen molar-refractivity contribution in [3.63, 3.8) is 0 Å². The number of rotatable bonds is 6. The number of hydrogen-bond donors (Lipinski definition) is 2. The van der Waals surface area contributed by atoms with Crippen LogP contribution in [0.15, 0.2) is 30.3 Å². The van der Waals surface area contributed by atoms with Gasteiger partial charge >= 0.3 is 5.97 Å². The third-order valence-corrected chi connectivity index (χ3v) is 2.45. The lowest BCUT2D eigenvalue weighted by Crippen LogP contribution is -2.38. The maximum Gasteiger partial charge on any atom is 0.303 e. The smallest absolute Gasteiger partial charge is 0.303 e. The Kier molecular flexibility index (Phi) is 5.05. The Balaban J connectivity index is 2.49. The van der Waals surface area contributed by atoms with Crippen LogP contribution in [0.1, 0.15) is 30.1 Å². The molecule has 2 N–H and O–H groups in total. The number of carboxylic acids is 1. The average molecular weight is 249 g/mol. The number of hydrogen-bond acceptors (Lipinski definition) is 3. The molecule has 5 nitrogen and oxygen atoms in total. The van der Waals surface area contributed by atoms with Gasteiger partial charge in [0, 0.05) is 12.0 Å². The zero-order valence-corrected chi connectivity index (χ0v) is 10.1. The molecule has 0 aliphatic rings. The molecule has 0 saturated carbocycles. The molecule has 1 atom stereocenters. The molecule has 1 amide bonds. The van der Waals surface area contributed by atoms with E-state index in [-0.39, 0.29) is 24.5 Å². The van der Waals surface area contributed by atoms with E-state index in [0.29, 0.717) is 5.56 Å². The molecule has 0 radical (unpaired) electrons. The van der Waals surface area contributed by atoms with Crippen molar-refractivity contribution in [1.29, 1.82) is 0 Å². The van der Waals surface area contributed by atoms with Crippen LogP contribution in [0.5, 0.6) is 0 Å². The number of benzene rings is 1. The fraction of sp³-hybridized carbons (Fsp3) is 0.308. The molecule has 0 bridgehead atoms. The van der Waals surface area contributed by atoms with Gasteiger partial charge in [-0.3, -0.25) is 14.4 Å². The highest BCUT2D eigenvalue weighted by atomic mass is 16.4. The van der Waals surface area contributed by atoms with Crippen LogP contribution in [0.4, 0.5) is 0 Å². The number of carbonyl (C=O) groups is 3. The van der Waals surface area contributed by atoms with Crippen molar-refractivity contribution in [2.45, 2.75) is 25.8 Å².